The Morgan fingerprint density at radius 2 is 2.17 bits per heavy atom. The Hall–Kier alpha value is -2.43. The Labute approximate surface area is 102 Å². The van der Waals surface area contributed by atoms with Gasteiger partial charge in [-0.15, -0.1) is 0 Å². The first-order valence-electron chi connectivity index (χ1n) is 5.32. The first-order valence-corrected chi connectivity index (χ1v) is 5.32. The third-order valence-corrected chi connectivity index (χ3v) is 2.64. The van der Waals surface area contributed by atoms with Crippen LogP contribution in [0.1, 0.15) is 15.9 Å². The second-order valence-electron chi connectivity index (χ2n) is 3.85. The molecule has 0 spiro atoms. The number of aromatic nitrogens is 1. The van der Waals surface area contributed by atoms with E-state index in [0.29, 0.717) is 17.2 Å². The number of esters is 1. The first kappa shape index (κ1) is 12.0. The van der Waals surface area contributed by atoms with Crippen molar-refractivity contribution < 1.29 is 14.3 Å². The largest absolute Gasteiger partial charge is 0.469 e. The van der Waals surface area contributed by atoms with Gasteiger partial charge in [-0.25, -0.2) is 0 Å². The third-order valence-electron chi connectivity index (χ3n) is 2.64. The van der Waals surface area contributed by atoms with Gasteiger partial charge < -0.3 is 9.72 Å². The SMILES string of the molecule is COC(=O)Cc1ccc2[nH]c(=O)c(C=O)cc2c1. The standard InChI is InChI=1S/C13H11NO4/c1-18-12(16)5-8-2-3-11-9(4-8)6-10(7-15)13(17)14-11/h2-4,6-7H,5H2,1H3,(H,14,17). The molecule has 0 atom stereocenters. The Bertz CT molecular complexity index is 672. The molecule has 18 heavy (non-hydrogen) atoms. The summed E-state index contributed by atoms with van der Waals surface area (Å²) in [6.45, 7) is 0. The van der Waals surface area contributed by atoms with Crippen molar-refractivity contribution in [1.29, 1.82) is 0 Å². The van der Waals surface area contributed by atoms with Crippen molar-refractivity contribution in [2.24, 2.45) is 0 Å². The van der Waals surface area contributed by atoms with Gasteiger partial charge in [0.1, 0.15) is 0 Å². The van der Waals surface area contributed by atoms with Crippen molar-refractivity contribution in [3.63, 3.8) is 0 Å². The lowest BCUT2D eigenvalue weighted by Crippen LogP contribution is -2.11. The molecule has 0 bridgehead atoms. The third kappa shape index (κ3) is 2.29. The highest BCUT2D eigenvalue weighted by Gasteiger charge is 2.06. The van der Waals surface area contributed by atoms with E-state index >= 15 is 0 Å². The Balaban J connectivity index is 2.50. The number of fused-ring (bicyclic) bond motifs is 1. The molecule has 5 nitrogen and oxygen atoms in total. The van der Waals surface area contributed by atoms with Crippen molar-refractivity contribution in [1.82, 2.24) is 4.98 Å². The number of rotatable bonds is 3. The van der Waals surface area contributed by atoms with E-state index in [1.54, 1.807) is 18.2 Å². The molecule has 0 radical (unpaired) electrons. The molecule has 1 heterocycles. The fourth-order valence-corrected chi connectivity index (χ4v) is 1.71. The summed E-state index contributed by atoms with van der Waals surface area (Å²) in [6.07, 6.45) is 0.660. The number of benzene rings is 1. The van der Waals surface area contributed by atoms with E-state index in [9.17, 15) is 14.4 Å². The predicted octanol–water partition coefficient (Wildman–Crippen LogP) is 1.06. The van der Waals surface area contributed by atoms with Gasteiger partial charge in [0.2, 0.25) is 0 Å². The minimum atomic E-state index is -0.418. The molecule has 0 unspecified atom stereocenters. The predicted molar refractivity (Wildman–Crippen MR) is 65.7 cm³/mol. The molecule has 92 valence electrons. The maximum absolute atomic E-state index is 11.4. The second-order valence-corrected chi connectivity index (χ2v) is 3.85. The highest BCUT2D eigenvalue weighted by molar-refractivity contribution is 5.86. The van der Waals surface area contributed by atoms with Gasteiger partial charge in [-0.3, -0.25) is 14.4 Å². The van der Waals surface area contributed by atoms with Gasteiger partial charge >= 0.3 is 5.97 Å². The summed E-state index contributed by atoms with van der Waals surface area (Å²) in [7, 11) is 1.32. The second kappa shape index (κ2) is 4.83. The van der Waals surface area contributed by atoms with Gasteiger partial charge in [0.05, 0.1) is 19.1 Å². The van der Waals surface area contributed by atoms with Crippen LogP contribution in [0.5, 0.6) is 0 Å². The number of methoxy groups -OCH3 is 1. The van der Waals surface area contributed by atoms with E-state index < -0.39 is 5.56 Å². The highest BCUT2D eigenvalue weighted by Crippen LogP contribution is 2.14. The van der Waals surface area contributed by atoms with Crippen LogP contribution in [0, 0.1) is 0 Å². The lowest BCUT2D eigenvalue weighted by atomic mass is 10.1. The number of hydrogen-bond acceptors (Lipinski definition) is 4. The molecule has 0 aliphatic carbocycles. The van der Waals surface area contributed by atoms with Crippen molar-refractivity contribution in [2.75, 3.05) is 7.11 Å². The van der Waals surface area contributed by atoms with Crippen LogP contribution in [0.25, 0.3) is 10.9 Å². The molecule has 0 saturated heterocycles. The molecule has 0 aliphatic rings. The summed E-state index contributed by atoms with van der Waals surface area (Å²) in [4.78, 5) is 35.9. The zero-order chi connectivity index (χ0) is 13.1. The number of carbonyl (C=O) groups excluding carboxylic acids is 2. The number of hydrogen-bond donors (Lipinski definition) is 1. The van der Waals surface area contributed by atoms with Crippen LogP contribution in [-0.2, 0) is 16.0 Å². The lowest BCUT2D eigenvalue weighted by Gasteiger charge is -2.03. The number of nitrogens with one attached hydrogen (secondary N) is 1. The smallest absolute Gasteiger partial charge is 0.309 e. The monoisotopic (exact) mass is 245 g/mol. The maximum atomic E-state index is 11.4. The van der Waals surface area contributed by atoms with Crippen molar-refractivity contribution in [3.8, 4) is 0 Å². The first-order chi connectivity index (χ1) is 8.63. The van der Waals surface area contributed by atoms with Gasteiger partial charge in [-0.05, 0) is 29.1 Å². The van der Waals surface area contributed by atoms with Crippen molar-refractivity contribution >= 4 is 23.2 Å². The molecule has 2 rings (SSSR count). The number of carbonyl (C=O) groups is 2. The summed E-state index contributed by atoms with van der Waals surface area (Å²) in [5, 5.41) is 0.707. The molecular formula is C13H11NO4. The molecule has 0 fully saturated rings. The Kier molecular flexibility index (Phi) is 3.23. The van der Waals surface area contributed by atoms with Crippen molar-refractivity contribution in [2.45, 2.75) is 6.42 Å². The highest BCUT2D eigenvalue weighted by atomic mass is 16.5. The van der Waals surface area contributed by atoms with Crippen LogP contribution in [0.15, 0.2) is 29.1 Å². The summed E-state index contributed by atoms with van der Waals surface area (Å²) in [6, 6.07) is 6.68. The average Bonchev–Trinajstić information content (AvgIpc) is 2.38. The number of aldehydes is 1. The minimum Gasteiger partial charge on any atom is -0.469 e. The summed E-state index contributed by atoms with van der Waals surface area (Å²) in [5.74, 6) is -0.339. The Morgan fingerprint density at radius 1 is 1.39 bits per heavy atom. The van der Waals surface area contributed by atoms with E-state index in [0.717, 1.165) is 5.56 Å². The van der Waals surface area contributed by atoms with E-state index in [4.69, 9.17) is 0 Å². The van der Waals surface area contributed by atoms with Crippen molar-refractivity contribution in [3.05, 3.63) is 45.7 Å². The quantitative estimate of drug-likeness (QED) is 0.648. The Morgan fingerprint density at radius 3 is 2.83 bits per heavy atom. The fourth-order valence-electron chi connectivity index (χ4n) is 1.71. The van der Waals surface area contributed by atoms with Crippen LogP contribution in [0.3, 0.4) is 0 Å². The molecule has 1 aromatic heterocycles. The summed E-state index contributed by atoms with van der Waals surface area (Å²) >= 11 is 0. The van der Waals surface area contributed by atoms with Crippen LogP contribution in [-0.4, -0.2) is 24.3 Å². The van der Waals surface area contributed by atoms with Gasteiger partial charge in [0.25, 0.3) is 5.56 Å². The van der Waals surface area contributed by atoms with E-state index in [2.05, 4.69) is 9.72 Å². The lowest BCUT2D eigenvalue weighted by molar-refractivity contribution is -0.139. The number of ether oxygens (including phenoxy) is 1. The van der Waals surface area contributed by atoms with Crippen LogP contribution >= 0.6 is 0 Å². The number of pyridine rings is 1. The number of H-pyrrole nitrogens is 1. The maximum Gasteiger partial charge on any atom is 0.309 e. The van der Waals surface area contributed by atoms with E-state index in [-0.39, 0.29) is 18.0 Å². The topological polar surface area (TPSA) is 76.2 Å². The summed E-state index contributed by atoms with van der Waals surface area (Å²) in [5.41, 5.74) is 1.04. The molecule has 5 heteroatoms. The molecule has 0 aliphatic heterocycles. The molecule has 1 aromatic carbocycles. The average molecular weight is 245 g/mol. The summed E-state index contributed by atoms with van der Waals surface area (Å²) < 4.78 is 4.58. The number of aromatic amines is 1. The molecule has 0 amide bonds. The van der Waals surface area contributed by atoms with Crippen LogP contribution < -0.4 is 5.56 Å². The minimum absolute atomic E-state index is 0.0673. The van der Waals surface area contributed by atoms with Gasteiger partial charge in [0.15, 0.2) is 6.29 Å². The molecular weight excluding hydrogens is 234 g/mol. The van der Waals surface area contributed by atoms with E-state index in [1.165, 1.54) is 13.2 Å². The molecule has 1 N–H and O–H groups in total. The van der Waals surface area contributed by atoms with Crippen LogP contribution in [0.2, 0.25) is 0 Å². The zero-order valence-corrected chi connectivity index (χ0v) is 9.73. The fraction of sp³-hybridized carbons (Fsp3) is 0.154. The normalized spacial score (nSPS) is 10.3. The zero-order valence-electron chi connectivity index (χ0n) is 9.73. The van der Waals surface area contributed by atoms with Gasteiger partial charge in [-0.2, -0.15) is 0 Å². The van der Waals surface area contributed by atoms with Gasteiger partial charge in [-0.1, -0.05) is 6.07 Å². The molecule has 0 saturated carbocycles. The van der Waals surface area contributed by atoms with Gasteiger partial charge in [0, 0.05) is 5.52 Å². The molecule has 2 aromatic rings. The van der Waals surface area contributed by atoms with E-state index in [1.807, 2.05) is 0 Å². The van der Waals surface area contributed by atoms with Crippen LogP contribution in [0.4, 0.5) is 0 Å².